The number of imidazole rings is 1. The number of carbonyl (C=O) groups excluding carboxylic acids is 1. The third kappa shape index (κ3) is 5.45. The molecule has 3 aromatic rings. The molecule has 2 aromatic carbocycles. The summed E-state index contributed by atoms with van der Waals surface area (Å²) < 4.78 is 7.72. The van der Waals surface area contributed by atoms with Crippen molar-refractivity contribution in [3.8, 4) is 5.75 Å². The van der Waals surface area contributed by atoms with Gasteiger partial charge in [-0.2, -0.15) is 0 Å². The maximum Gasteiger partial charge on any atom is 0.222 e. The number of amides is 1. The van der Waals surface area contributed by atoms with Crippen molar-refractivity contribution >= 4 is 5.91 Å². The number of aromatic nitrogens is 2. The molecule has 0 radical (unpaired) electrons. The van der Waals surface area contributed by atoms with Crippen molar-refractivity contribution in [2.75, 3.05) is 0 Å². The third-order valence-electron chi connectivity index (χ3n) is 4.43. The summed E-state index contributed by atoms with van der Waals surface area (Å²) in [4.78, 5) is 16.3. The highest BCUT2D eigenvalue weighted by Gasteiger charge is 2.22. The van der Waals surface area contributed by atoms with Gasteiger partial charge in [-0.3, -0.25) is 4.79 Å². The number of nitrogens with zero attached hydrogens (tertiary/aromatic N) is 2. The number of benzene rings is 2. The van der Waals surface area contributed by atoms with Gasteiger partial charge in [-0.05, 0) is 37.1 Å². The summed E-state index contributed by atoms with van der Waals surface area (Å²) >= 11 is 0. The predicted molar refractivity (Wildman–Crippen MR) is 105 cm³/mol. The van der Waals surface area contributed by atoms with E-state index in [9.17, 15) is 4.79 Å². The summed E-state index contributed by atoms with van der Waals surface area (Å²) in [6.07, 6.45) is 5.69. The average Bonchev–Trinajstić information content (AvgIpc) is 3.19. The van der Waals surface area contributed by atoms with Crippen LogP contribution in [0.1, 0.15) is 31.4 Å². The maximum atomic E-state index is 12.3. The van der Waals surface area contributed by atoms with Gasteiger partial charge in [0.15, 0.2) is 0 Å². The number of hydrogen-bond donors (Lipinski definition) is 1. The van der Waals surface area contributed by atoms with Crippen LogP contribution in [0.4, 0.5) is 0 Å². The minimum Gasteiger partial charge on any atom is -0.489 e. The van der Waals surface area contributed by atoms with Crippen molar-refractivity contribution in [3.05, 3.63) is 84.4 Å². The third-order valence-corrected chi connectivity index (χ3v) is 4.43. The van der Waals surface area contributed by atoms with Crippen molar-refractivity contribution in [2.45, 2.75) is 39.0 Å². The second-order valence-electron chi connectivity index (χ2n) is 7.02. The number of aryl methyl sites for hydroxylation is 1. The molecule has 0 saturated carbocycles. The van der Waals surface area contributed by atoms with E-state index in [-0.39, 0.29) is 5.91 Å². The van der Waals surface area contributed by atoms with Crippen LogP contribution in [0.2, 0.25) is 0 Å². The molecule has 0 aliphatic heterocycles. The summed E-state index contributed by atoms with van der Waals surface area (Å²) in [6, 6.07) is 17.9. The van der Waals surface area contributed by atoms with Crippen LogP contribution in [0.3, 0.4) is 0 Å². The first-order chi connectivity index (χ1) is 13.0. The zero-order valence-corrected chi connectivity index (χ0v) is 15.8. The molecule has 140 valence electrons. The largest absolute Gasteiger partial charge is 0.489 e. The van der Waals surface area contributed by atoms with Crippen molar-refractivity contribution in [2.24, 2.45) is 0 Å². The number of carbonyl (C=O) groups is 1. The van der Waals surface area contributed by atoms with Crippen LogP contribution in [0.5, 0.6) is 5.75 Å². The van der Waals surface area contributed by atoms with Crippen LogP contribution in [-0.4, -0.2) is 15.5 Å². The first-order valence-electron chi connectivity index (χ1n) is 9.07. The Morgan fingerprint density at radius 2 is 1.85 bits per heavy atom. The molecule has 0 bridgehead atoms. The van der Waals surface area contributed by atoms with E-state index in [4.69, 9.17) is 4.74 Å². The Kier molecular flexibility index (Phi) is 5.91. The van der Waals surface area contributed by atoms with E-state index in [1.165, 1.54) is 0 Å². The SMILES string of the molecule is CC(C)(NC(=O)CCn1ccnc1)c1ccc(OCc2ccccc2)cc1. The molecule has 27 heavy (non-hydrogen) atoms. The molecule has 3 rings (SSSR count). The molecule has 5 nitrogen and oxygen atoms in total. The van der Waals surface area contributed by atoms with Crippen LogP contribution >= 0.6 is 0 Å². The molecule has 0 spiro atoms. The molecule has 0 fully saturated rings. The second-order valence-corrected chi connectivity index (χ2v) is 7.02. The van der Waals surface area contributed by atoms with Gasteiger partial charge in [0.1, 0.15) is 12.4 Å². The van der Waals surface area contributed by atoms with Gasteiger partial charge in [0.2, 0.25) is 5.91 Å². The number of nitrogens with one attached hydrogen (secondary N) is 1. The zero-order chi connectivity index (χ0) is 19.1. The lowest BCUT2D eigenvalue weighted by Gasteiger charge is -2.27. The van der Waals surface area contributed by atoms with Crippen molar-refractivity contribution in [1.29, 1.82) is 0 Å². The lowest BCUT2D eigenvalue weighted by molar-refractivity contribution is -0.123. The van der Waals surface area contributed by atoms with E-state index >= 15 is 0 Å². The van der Waals surface area contributed by atoms with Crippen LogP contribution in [0, 0.1) is 0 Å². The first kappa shape index (κ1) is 18.7. The molecule has 1 amide bonds. The van der Waals surface area contributed by atoms with Gasteiger partial charge in [0.25, 0.3) is 0 Å². The van der Waals surface area contributed by atoms with Gasteiger partial charge in [0, 0.05) is 25.4 Å². The standard InChI is InChI=1S/C22H25N3O2/c1-22(2,24-21(26)12-14-25-15-13-23-17-25)19-8-10-20(11-9-19)27-16-18-6-4-3-5-7-18/h3-11,13,15,17H,12,14,16H2,1-2H3,(H,24,26). The fourth-order valence-corrected chi connectivity index (χ4v) is 2.84. The molecule has 1 aromatic heterocycles. The second kappa shape index (κ2) is 8.54. The van der Waals surface area contributed by atoms with Gasteiger partial charge in [0.05, 0.1) is 11.9 Å². The smallest absolute Gasteiger partial charge is 0.222 e. The van der Waals surface area contributed by atoms with Crippen LogP contribution in [-0.2, 0) is 23.5 Å². The molecular formula is C22H25N3O2. The lowest BCUT2D eigenvalue weighted by Crippen LogP contribution is -2.41. The Balaban J connectivity index is 1.53. The zero-order valence-electron chi connectivity index (χ0n) is 15.8. The van der Waals surface area contributed by atoms with Gasteiger partial charge >= 0.3 is 0 Å². The topological polar surface area (TPSA) is 56.2 Å². The molecule has 5 heteroatoms. The monoisotopic (exact) mass is 363 g/mol. The summed E-state index contributed by atoms with van der Waals surface area (Å²) in [7, 11) is 0. The molecule has 1 N–H and O–H groups in total. The summed E-state index contributed by atoms with van der Waals surface area (Å²) in [5.74, 6) is 0.822. The summed E-state index contributed by atoms with van der Waals surface area (Å²) in [5, 5.41) is 3.10. The molecule has 0 aliphatic rings. The van der Waals surface area contributed by atoms with E-state index in [0.717, 1.165) is 16.9 Å². The van der Waals surface area contributed by atoms with E-state index in [0.29, 0.717) is 19.6 Å². The Hall–Kier alpha value is -3.08. The molecule has 0 atom stereocenters. The highest BCUT2D eigenvalue weighted by molar-refractivity contribution is 5.76. The fraction of sp³-hybridized carbons (Fsp3) is 0.273. The minimum absolute atomic E-state index is 0.0121. The number of hydrogen-bond acceptors (Lipinski definition) is 3. The Morgan fingerprint density at radius 3 is 2.52 bits per heavy atom. The molecule has 0 saturated heterocycles. The Labute approximate surface area is 160 Å². The van der Waals surface area contributed by atoms with Crippen LogP contribution < -0.4 is 10.1 Å². The normalized spacial score (nSPS) is 11.2. The quantitative estimate of drug-likeness (QED) is 0.660. The summed E-state index contributed by atoms with van der Waals surface area (Å²) in [5.41, 5.74) is 1.71. The van der Waals surface area contributed by atoms with Crippen molar-refractivity contribution < 1.29 is 9.53 Å². The molecule has 1 heterocycles. The molecule has 0 unspecified atom stereocenters. The maximum absolute atomic E-state index is 12.3. The highest BCUT2D eigenvalue weighted by atomic mass is 16.5. The number of rotatable bonds is 8. The van der Waals surface area contributed by atoms with E-state index in [1.54, 1.807) is 12.5 Å². The van der Waals surface area contributed by atoms with Crippen LogP contribution in [0.25, 0.3) is 0 Å². The Morgan fingerprint density at radius 1 is 1.11 bits per heavy atom. The highest BCUT2D eigenvalue weighted by Crippen LogP contribution is 2.23. The van der Waals surface area contributed by atoms with Gasteiger partial charge in [-0.25, -0.2) is 4.98 Å². The fourth-order valence-electron chi connectivity index (χ4n) is 2.84. The molecular weight excluding hydrogens is 338 g/mol. The van der Waals surface area contributed by atoms with E-state index in [1.807, 2.05) is 79.2 Å². The van der Waals surface area contributed by atoms with E-state index in [2.05, 4.69) is 10.3 Å². The minimum atomic E-state index is -0.454. The first-order valence-corrected chi connectivity index (χ1v) is 9.07. The summed E-state index contributed by atoms with van der Waals surface area (Å²) in [6.45, 7) is 5.16. The predicted octanol–water partition coefficient (Wildman–Crippen LogP) is 3.90. The van der Waals surface area contributed by atoms with Crippen molar-refractivity contribution in [3.63, 3.8) is 0 Å². The van der Waals surface area contributed by atoms with Gasteiger partial charge in [-0.1, -0.05) is 42.5 Å². The number of ether oxygens (including phenoxy) is 1. The van der Waals surface area contributed by atoms with Crippen LogP contribution in [0.15, 0.2) is 73.3 Å². The van der Waals surface area contributed by atoms with Gasteiger partial charge in [-0.15, -0.1) is 0 Å². The lowest BCUT2D eigenvalue weighted by atomic mass is 9.94. The van der Waals surface area contributed by atoms with Gasteiger partial charge < -0.3 is 14.6 Å². The van der Waals surface area contributed by atoms with Crippen molar-refractivity contribution in [1.82, 2.24) is 14.9 Å². The van der Waals surface area contributed by atoms with E-state index < -0.39 is 5.54 Å². The Bertz CT molecular complexity index is 841. The molecule has 0 aliphatic carbocycles. The average molecular weight is 363 g/mol.